The van der Waals surface area contributed by atoms with E-state index in [1.54, 1.807) is 19.9 Å². The number of non-ortho nitro benzene ring substituents is 1. The summed E-state index contributed by atoms with van der Waals surface area (Å²) in [5.74, 6) is -0.100. The number of aromatic nitrogens is 2. The van der Waals surface area contributed by atoms with E-state index in [4.69, 9.17) is 18.9 Å². The molecule has 0 spiro atoms. The van der Waals surface area contributed by atoms with E-state index in [-0.39, 0.29) is 37.1 Å². The van der Waals surface area contributed by atoms with Crippen molar-refractivity contribution in [2.45, 2.75) is 33.1 Å². The van der Waals surface area contributed by atoms with E-state index in [0.29, 0.717) is 75.8 Å². The Morgan fingerprint density at radius 2 is 1.70 bits per heavy atom. The quantitative estimate of drug-likeness (QED) is 0.137. The summed E-state index contributed by atoms with van der Waals surface area (Å²) in [6.45, 7) is 6.05. The molecule has 1 aromatic carbocycles. The fourth-order valence-electron chi connectivity index (χ4n) is 3.35. The smallest absolute Gasteiger partial charge is 0.419 e. The number of anilines is 1. The lowest BCUT2D eigenvalue weighted by atomic mass is 10.2. The summed E-state index contributed by atoms with van der Waals surface area (Å²) < 4.78 is 22.4. The molecule has 1 amide bonds. The van der Waals surface area contributed by atoms with Gasteiger partial charge in [0.15, 0.2) is 0 Å². The van der Waals surface area contributed by atoms with Crippen molar-refractivity contribution in [3.8, 4) is 0 Å². The second-order valence-electron chi connectivity index (χ2n) is 8.74. The van der Waals surface area contributed by atoms with Crippen LogP contribution >= 0.6 is 0 Å². The predicted octanol–water partition coefficient (Wildman–Crippen LogP) is 2.27. The number of benzene rings is 1. The third-order valence-electron chi connectivity index (χ3n) is 5.43. The van der Waals surface area contributed by atoms with Gasteiger partial charge in [-0.3, -0.25) is 14.9 Å². The molecule has 0 bridgehead atoms. The lowest BCUT2D eigenvalue weighted by Crippen LogP contribution is -2.31. The fraction of sp³-hybridized carbons (Fsp3) is 0.538. The maximum Gasteiger partial charge on any atom is 0.419 e. The van der Waals surface area contributed by atoms with Crippen molar-refractivity contribution in [2.24, 2.45) is 0 Å². The summed E-state index contributed by atoms with van der Waals surface area (Å²) >= 11 is 0. The summed E-state index contributed by atoms with van der Waals surface area (Å²) in [7, 11) is 0. The molecular weight excluding hydrogens is 526 g/mol. The Hall–Kier alpha value is -3.88. The van der Waals surface area contributed by atoms with Gasteiger partial charge in [0.05, 0.1) is 50.2 Å². The zero-order chi connectivity index (χ0) is 29.2. The van der Waals surface area contributed by atoms with E-state index in [0.717, 1.165) is 0 Å². The van der Waals surface area contributed by atoms with E-state index in [1.165, 1.54) is 29.2 Å². The lowest BCUT2D eigenvalue weighted by Gasteiger charge is -2.09. The first-order chi connectivity index (χ1) is 19.3. The van der Waals surface area contributed by atoms with Crippen molar-refractivity contribution in [3.63, 3.8) is 0 Å². The van der Waals surface area contributed by atoms with Gasteiger partial charge in [-0.1, -0.05) is 0 Å². The molecule has 14 nitrogen and oxygen atoms in total. The van der Waals surface area contributed by atoms with Crippen molar-refractivity contribution < 1.29 is 38.3 Å². The van der Waals surface area contributed by atoms with Crippen molar-refractivity contribution in [1.29, 1.82) is 0 Å². The number of Topliss-reactive ketones (excluding diaryl/α,β-unsaturated/α-hetero) is 1. The molecule has 0 saturated heterocycles. The molecule has 1 aromatic heterocycles. The Bertz CT molecular complexity index is 1110. The monoisotopic (exact) mass is 563 g/mol. The van der Waals surface area contributed by atoms with Crippen LogP contribution in [0.25, 0.3) is 0 Å². The molecule has 14 heteroatoms. The van der Waals surface area contributed by atoms with E-state index in [2.05, 4.69) is 15.6 Å². The highest BCUT2D eigenvalue weighted by Crippen LogP contribution is 2.20. The molecule has 0 unspecified atom stereocenters. The number of nitro benzene ring substituents is 1. The number of ketones is 1. The molecule has 0 saturated carbocycles. The fourth-order valence-corrected chi connectivity index (χ4v) is 3.35. The molecule has 0 atom stereocenters. The third-order valence-corrected chi connectivity index (χ3v) is 5.43. The Kier molecular flexibility index (Phi) is 14.9. The maximum absolute atomic E-state index is 12.1. The second kappa shape index (κ2) is 18.4. The van der Waals surface area contributed by atoms with Crippen LogP contribution in [0.2, 0.25) is 0 Å². The van der Waals surface area contributed by atoms with Gasteiger partial charge in [0.2, 0.25) is 5.91 Å². The largest absolute Gasteiger partial charge is 0.446 e. The average Bonchev–Trinajstić information content (AvgIpc) is 3.39. The van der Waals surface area contributed by atoms with Crippen LogP contribution in [0.5, 0.6) is 0 Å². The Morgan fingerprint density at radius 1 is 1.02 bits per heavy atom. The van der Waals surface area contributed by atoms with E-state index >= 15 is 0 Å². The molecular formula is C26H37N5O9. The summed E-state index contributed by atoms with van der Waals surface area (Å²) in [6, 6.07) is 4.37. The molecule has 0 fully saturated rings. The van der Waals surface area contributed by atoms with Crippen LogP contribution in [0.15, 0.2) is 30.7 Å². The van der Waals surface area contributed by atoms with E-state index in [9.17, 15) is 24.5 Å². The van der Waals surface area contributed by atoms with Gasteiger partial charge in [-0.25, -0.2) is 14.3 Å². The zero-order valence-electron chi connectivity index (χ0n) is 22.9. The highest BCUT2D eigenvalue weighted by Gasteiger charge is 2.10. The Balaban J connectivity index is 1.50. The van der Waals surface area contributed by atoms with Crippen molar-refractivity contribution in [1.82, 2.24) is 14.9 Å². The number of carbonyl (C=O) groups excluding carboxylic acids is 3. The normalized spacial score (nSPS) is 10.8. The van der Waals surface area contributed by atoms with Gasteiger partial charge in [0.1, 0.15) is 18.7 Å². The van der Waals surface area contributed by atoms with Crippen molar-refractivity contribution in [2.75, 3.05) is 64.7 Å². The first-order valence-corrected chi connectivity index (χ1v) is 12.9. The number of ether oxygens (including phenoxy) is 4. The van der Waals surface area contributed by atoms with Gasteiger partial charge in [0.25, 0.3) is 5.69 Å². The summed E-state index contributed by atoms with van der Waals surface area (Å²) in [4.78, 5) is 49.5. The van der Waals surface area contributed by atoms with Gasteiger partial charge in [-0.05, 0) is 31.9 Å². The molecule has 0 aliphatic rings. The van der Waals surface area contributed by atoms with Gasteiger partial charge in [0, 0.05) is 50.0 Å². The van der Waals surface area contributed by atoms with Gasteiger partial charge in [-0.15, -0.1) is 0 Å². The van der Waals surface area contributed by atoms with Crippen molar-refractivity contribution >= 4 is 29.2 Å². The number of carbonyl (C=O) groups is 3. The highest BCUT2D eigenvalue weighted by atomic mass is 16.6. The number of imidazole rings is 1. The minimum Gasteiger partial charge on any atom is -0.446 e. The molecule has 40 heavy (non-hydrogen) atoms. The number of rotatable bonds is 20. The minimum atomic E-state index is -0.591. The first kappa shape index (κ1) is 32.3. The van der Waals surface area contributed by atoms with Gasteiger partial charge in [-0.2, -0.15) is 0 Å². The number of aryl methyl sites for hydroxylation is 1. The number of hydrogen-bond donors (Lipinski definition) is 2. The van der Waals surface area contributed by atoms with Crippen LogP contribution in [0, 0.1) is 17.0 Å². The first-order valence-electron chi connectivity index (χ1n) is 12.9. The third kappa shape index (κ3) is 13.3. The summed E-state index contributed by atoms with van der Waals surface area (Å²) in [5, 5.41) is 16.5. The Labute approximate surface area is 232 Å². The van der Waals surface area contributed by atoms with Gasteiger partial charge < -0.3 is 34.4 Å². The van der Waals surface area contributed by atoms with Crippen LogP contribution < -0.4 is 10.6 Å². The van der Waals surface area contributed by atoms with Crippen molar-refractivity contribution in [3.05, 3.63) is 52.1 Å². The zero-order valence-corrected chi connectivity index (χ0v) is 22.9. The minimum absolute atomic E-state index is 0.00517. The lowest BCUT2D eigenvalue weighted by molar-refractivity contribution is -0.384. The topological polar surface area (TPSA) is 173 Å². The van der Waals surface area contributed by atoms with E-state index in [1.807, 2.05) is 0 Å². The van der Waals surface area contributed by atoms with Crippen LogP contribution in [0.3, 0.4) is 0 Å². The molecule has 0 aliphatic heterocycles. The molecule has 2 aromatic rings. The van der Waals surface area contributed by atoms with E-state index < -0.39 is 11.0 Å². The molecule has 2 N–H and O–H groups in total. The predicted molar refractivity (Wildman–Crippen MR) is 144 cm³/mol. The number of nitrogens with one attached hydrogen (secondary N) is 2. The summed E-state index contributed by atoms with van der Waals surface area (Å²) in [5.41, 5.74) is 1.89. The number of nitrogens with zero attached hydrogens (tertiary/aromatic N) is 3. The maximum atomic E-state index is 12.1. The SMILES string of the molecule is CC(=O)CCCOCCOCCOCCOC(=O)n1cnc(CCNC(=O)CNc2ccc([N+](=O)[O-])cc2C)c1. The van der Waals surface area contributed by atoms with Gasteiger partial charge >= 0.3 is 6.09 Å². The Morgan fingerprint density at radius 3 is 2.35 bits per heavy atom. The van der Waals surface area contributed by atoms with Crippen LogP contribution in [-0.2, 0) is 35.0 Å². The molecule has 0 aliphatic carbocycles. The molecule has 220 valence electrons. The molecule has 2 rings (SSSR count). The molecule has 0 radical (unpaired) electrons. The second-order valence-corrected chi connectivity index (χ2v) is 8.74. The number of hydrogen-bond acceptors (Lipinski definition) is 11. The highest BCUT2D eigenvalue weighted by molar-refractivity contribution is 5.81. The number of amides is 1. The molecule has 1 heterocycles. The van der Waals surface area contributed by atoms with Crippen LogP contribution in [0.1, 0.15) is 31.0 Å². The average molecular weight is 564 g/mol. The van der Waals surface area contributed by atoms with Crippen LogP contribution in [0.4, 0.5) is 16.2 Å². The van der Waals surface area contributed by atoms with Crippen LogP contribution in [-0.4, -0.2) is 91.6 Å². The standard InChI is InChI=1S/C26H37N5O9/c1-20-16-23(31(35)36)5-6-24(20)28-17-25(33)27-8-7-22-18-30(19-29-22)26(34)40-15-14-39-13-12-38-11-10-37-9-3-4-21(2)32/h5-6,16,18-19,28H,3-4,7-15,17H2,1-2H3,(H,27,33). The summed E-state index contributed by atoms with van der Waals surface area (Å²) in [6.07, 6.45) is 3.93. The number of nitro groups is 1.